The van der Waals surface area contributed by atoms with Gasteiger partial charge in [0.25, 0.3) is 5.91 Å². The number of nitrogens with zero attached hydrogens (tertiary/aromatic N) is 1. The summed E-state index contributed by atoms with van der Waals surface area (Å²) in [4.78, 5) is 28.0. The van der Waals surface area contributed by atoms with Gasteiger partial charge in [-0.25, -0.2) is 4.79 Å². The van der Waals surface area contributed by atoms with Gasteiger partial charge in [-0.3, -0.25) is 9.78 Å². The average Bonchev–Trinajstić information content (AvgIpc) is 2.72. The molecule has 3 N–H and O–H groups in total. The lowest BCUT2D eigenvalue weighted by atomic mass is 10.0. The molecule has 0 bridgehead atoms. The van der Waals surface area contributed by atoms with Crippen LogP contribution >= 0.6 is 0 Å². The van der Waals surface area contributed by atoms with E-state index in [0.29, 0.717) is 17.0 Å². The summed E-state index contributed by atoms with van der Waals surface area (Å²) in [5.41, 5.74) is -2.48. The average molecular weight is 448 g/mol. The van der Waals surface area contributed by atoms with Crippen molar-refractivity contribution in [2.75, 3.05) is 0 Å². The van der Waals surface area contributed by atoms with Gasteiger partial charge in [0.15, 0.2) is 0 Å². The van der Waals surface area contributed by atoms with Crippen LogP contribution in [-0.2, 0) is 17.6 Å². The third-order valence-corrected chi connectivity index (χ3v) is 4.70. The Labute approximate surface area is 180 Å². The summed E-state index contributed by atoms with van der Waals surface area (Å²) in [7, 11) is 0. The van der Waals surface area contributed by atoms with Crippen molar-refractivity contribution in [3.05, 3.63) is 65.5 Å². The summed E-state index contributed by atoms with van der Waals surface area (Å²) in [6, 6.07) is 9.65. The van der Waals surface area contributed by atoms with Gasteiger partial charge in [0, 0.05) is 17.0 Å². The van der Waals surface area contributed by atoms with E-state index >= 15 is 0 Å². The molecule has 3 rings (SSSR count). The highest BCUT2D eigenvalue weighted by Gasteiger charge is 2.32. The highest BCUT2D eigenvalue weighted by atomic mass is 19.4. The number of carbonyl (C=O) groups excluding carboxylic acids is 1. The molecule has 0 aliphatic rings. The number of carboxylic acids is 1. The van der Waals surface area contributed by atoms with Gasteiger partial charge < -0.3 is 20.3 Å². The van der Waals surface area contributed by atoms with Crippen LogP contribution in [0.25, 0.3) is 10.8 Å². The fourth-order valence-electron chi connectivity index (χ4n) is 2.88. The highest BCUT2D eigenvalue weighted by Crippen LogP contribution is 2.37. The number of ether oxygens (including phenoxy) is 1. The van der Waals surface area contributed by atoms with Crippen LogP contribution in [0.2, 0.25) is 0 Å². The van der Waals surface area contributed by atoms with Gasteiger partial charge >= 0.3 is 12.1 Å². The molecule has 0 unspecified atom stereocenters. The number of fused-ring (bicyclic) bond motifs is 1. The van der Waals surface area contributed by atoms with Crippen molar-refractivity contribution in [3.63, 3.8) is 0 Å². The molecule has 0 fully saturated rings. The van der Waals surface area contributed by atoms with E-state index in [1.54, 1.807) is 24.3 Å². The fourth-order valence-corrected chi connectivity index (χ4v) is 2.88. The number of benzene rings is 2. The second-order valence-corrected chi connectivity index (χ2v) is 7.53. The first-order chi connectivity index (χ1) is 14.9. The predicted molar refractivity (Wildman–Crippen MR) is 108 cm³/mol. The number of phenolic OH excluding ortho intramolecular Hbond substituents is 1. The van der Waals surface area contributed by atoms with Crippen LogP contribution in [0, 0.1) is 0 Å². The van der Waals surface area contributed by atoms with Gasteiger partial charge in [-0.1, -0.05) is 24.3 Å². The van der Waals surface area contributed by atoms with Crippen LogP contribution in [0.15, 0.2) is 48.7 Å². The van der Waals surface area contributed by atoms with Gasteiger partial charge in [-0.2, -0.15) is 13.2 Å². The van der Waals surface area contributed by atoms with Crippen molar-refractivity contribution in [2.45, 2.75) is 32.2 Å². The molecule has 1 aromatic heterocycles. The number of aromatic hydroxyl groups is 1. The monoisotopic (exact) mass is 448 g/mol. The van der Waals surface area contributed by atoms with Crippen LogP contribution in [0.5, 0.6) is 11.5 Å². The summed E-state index contributed by atoms with van der Waals surface area (Å²) in [6.45, 7) is 2.32. The first kappa shape index (κ1) is 22.9. The quantitative estimate of drug-likeness (QED) is 0.523. The Balaban J connectivity index is 1.99. The SMILES string of the molecule is CC(C)(NC(=O)c1cc(O)c2ccccc2c1OCc1ccc(C(F)(F)F)cn1)C(=O)O. The lowest BCUT2D eigenvalue weighted by Gasteiger charge is -2.22. The van der Waals surface area contributed by atoms with Crippen molar-refractivity contribution in [1.29, 1.82) is 0 Å². The molecule has 0 atom stereocenters. The number of nitrogens with one attached hydrogen (secondary N) is 1. The molecule has 32 heavy (non-hydrogen) atoms. The molecule has 0 radical (unpaired) electrons. The number of pyridine rings is 1. The lowest BCUT2D eigenvalue weighted by Crippen LogP contribution is -2.49. The van der Waals surface area contributed by atoms with E-state index in [4.69, 9.17) is 4.74 Å². The topological polar surface area (TPSA) is 109 Å². The number of alkyl halides is 3. The number of rotatable bonds is 6. The molecule has 0 aliphatic heterocycles. The van der Waals surface area contributed by atoms with E-state index in [1.165, 1.54) is 13.8 Å². The smallest absolute Gasteiger partial charge is 0.417 e. The number of halogens is 3. The minimum atomic E-state index is -4.53. The zero-order chi connectivity index (χ0) is 23.7. The molecule has 0 aliphatic carbocycles. The second kappa shape index (κ2) is 8.37. The molecule has 7 nitrogen and oxygen atoms in total. The van der Waals surface area contributed by atoms with Gasteiger partial charge in [0.2, 0.25) is 0 Å². The summed E-state index contributed by atoms with van der Waals surface area (Å²) < 4.78 is 44.0. The standard InChI is InChI=1S/C22H19F3N2O5/c1-21(2,20(30)31)27-19(29)16-9-17(28)14-5-3-4-6-15(14)18(16)32-11-13-8-7-12(10-26-13)22(23,24)25/h3-10,28H,11H2,1-2H3,(H,27,29)(H,30,31). The van der Waals surface area contributed by atoms with Crippen molar-refractivity contribution < 1.29 is 37.7 Å². The van der Waals surface area contributed by atoms with Crippen LogP contribution in [-0.4, -0.2) is 32.6 Å². The number of aliphatic carboxylic acids is 1. The number of hydrogen-bond acceptors (Lipinski definition) is 5. The van der Waals surface area contributed by atoms with Gasteiger partial charge in [0.1, 0.15) is 23.6 Å². The molecular weight excluding hydrogens is 429 g/mol. The highest BCUT2D eigenvalue weighted by molar-refractivity contribution is 6.07. The Morgan fingerprint density at radius 3 is 2.31 bits per heavy atom. The molecule has 1 amide bonds. The third-order valence-electron chi connectivity index (χ3n) is 4.70. The van der Waals surface area contributed by atoms with Crippen molar-refractivity contribution >= 4 is 22.6 Å². The summed E-state index contributed by atoms with van der Waals surface area (Å²) in [5, 5.41) is 22.7. The van der Waals surface area contributed by atoms with Gasteiger partial charge in [0.05, 0.1) is 16.8 Å². The van der Waals surface area contributed by atoms with Crippen LogP contribution < -0.4 is 10.1 Å². The number of carboxylic acid groups (broad SMARTS) is 1. The van der Waals surface area contributed by atoms with Gasteiger partial charge in [-0.15, -0.1) is 0 Å². The van der Waals surface area contributed by atoms with E-state index in [1.807, 2.05) is 0 Å². The normalized spacial score (nSPS) is 11.9. The first-order valence-electron chi connectivity index (χ1n) is 9.35. The Morgan fingerprint density at radius 1 is 1.09 bits per heavy atom. The van der Waals surface area contributed by atoms with Crippen molar-refractivity contribution in [2.24, 2.45) is 0 Å². The predicted octanol–water partition coefficient (Wildman–Crippen LogP) is 4.13. The molecule has 168 valence electrons. The van der Waals surface area contributed by atoms with E-state index in [2.05, 4.69) is 10.3 Å². The first-order valence-corrected chi connectivity index (χ1v) is 9.35. The van der Waals surface area contributed by atoms with Crippen LogP contribution in [0.3, 0.4) is 0 Å². The lowest BCUT2D eigenvalue weighted by molar-refractivity contribution is -0.143. The van der Waals surface area contributed by atoms with E-state index in [0.717, 1.165) is 18.2 Å². The minimum absolute atomic E-state index is 0.0267. The molecule has 0 spiro atoms. The second-order valence-electron chi connectivity index (χ2n) is 7.53. The Hall–Kier alpha value is -3.82. The Kier molecular flexibility index (Phi) is 5.98. The van der Waals surface area contributed by atoms with Crippen molar-refractivity contribution in [3.8, 4) is 11.5 Å². The molecule has 10 heteroatoms. The minimum Gasteiger partial charge on any atom is -0.507 e. The Bertz CT molecular complexity index is 1170. The largest absolute Gasteiger partial charge is 0.507 e. The maximum absolute atomic E-state index is 12.8. The number of amides is 1. The molecule has 1 heterocycles. The van der Waals surface area contributed by atoms with Crippen molar-refractivity contribution in [1.82, 2.24) is 10.3 Å². The van der Waals surface area contributed by atoms with Gasteiger partial charge in [-0.05, 0) is 32.0 Å². The third kappa shape index (κ3) is 4.74. The summed E-state index contributed by atoms with van der Waals surface area (Å²) in [6.07, 6.45) is -3.85. The number of carbonyl (C=O) groups is 2. The van der Waals surface area contributed by atoms with Crippen LogP contribution in [0.4, 0.5) is 13.2 Å². The molecule has 0 saturated heterocycles. The fraction of sp³-hybridized carbons (Fsp3) is 0.227. The number of aromatic nitrogens is 1. The molecular formula is C22H19F3N2O5. The molecule has 2 aromatic carbocycles. The van der Waals surface area contributed by atoms with E-state index in [9.17, 15) is 33.0 Å². The summed E-state index contributed by atoms with van der Waals surface area (Å²) >= 11 is 0. The zero-order valence-corrected chi connectivity index (χ0v) is 17.0. The maximum Gasteiger partial charge on any atom is 0.417 e. The van der Waals surface area contributed by atoms with E-state index < -0.39 is 29.2 Å². The van der Waals surface area contributed by atoms with E-state index in [-0.39, 0.29) is 29.4 Å². The summed E-state index contributed by atoms with van der Waals surface area (Å²) in [5.74, 6) is -2.28. The number of hydrogen-bond donors (Lipinski definition) is 3. The molecule has 3 aromatic rings. The van der Waals surface area contributed by atoms with Crippen LogP contribution in [0.1, 0.15) is 35.5 Å². The maximum atomic E-state index is 12.8. The zero-order valence-electron chi connectivity index (χ0n) is 17.0. The molecule has 0 saturated carbocycles. The number of phenols is 1. The Morgan fingerprint density at radius 2 is 1.75 bits per heavy atom.